The van der Waals surface area contributed by atoms with Gasteiger partial charge in [-0.05, 0) is 31.0 Å². The van der Waals surface area contributed by atoms with E-state index in [1.165, 1.54) is 19.2 Å². The number of ether oxygens (including phenoxy) is 1. The van der Waals surface area contributed by atoms with E-state index in [2.05, 4.69) is 4.72 Å². The van der Waals surface area contributed by atoms with Crippen molar-refractivity contribution in [1.82, 2.24) is 4.72 Å². The average molecular weight is 317 g/mol. The van der Waals surface area contributed by atoms with Crippen LogP contribution in [0.1, 0.15) is 32.1 Å². The van der Waals surface area contributed by atoms with Gasteiger partial charge >= 0.3 is 0 Å². The van der Waals surface area contributed by atoms with Gasteiger partial charge in [-0.15, -0.1) is 0 Å². The molecule has 2 unspecified atom stereocenters. The molecule has 1 aliphatic rings. The number of sulfonamides is 1. The zero-order valence-corrected chi connectivity index (χ0v) is 12.7. The number of hydrogen-bond donors (Lipinski definition) is 2. The van der Waals surface area contributed by atoms with Gasteiger partial charge in [0, 0.05) is 6.04 Å². The van der Waals surface area contributed by atoms with Crippen LogP contribution in [0.5, 0.6) is 5.75 Å². The van der Waals surface area contributed by atoms with Crippen LogP contribution in [-0.4, -0.2) is 32.8 Å². The Hall–Kier alpha value is -1.18. The highest BCUT2D eigenvalue weighted by molar-refractivity contribution is 7.89. The minimum atomic E-state index is -3.86. The Morgan fingerprint density at radius 2 is 2.00 bits per heavy atom. The maximum Gasteiger partial charge on any atom is 0.241 e. The number of benzene rings is 1. The maximum absolute atomic E-state index is 13.6. The fraction of sp³-hybridized carbons (Fsp3) is 0.571. The van der Waals surface area contributed by atoms with Gasteiger partial charge in [0.25, 0.3) is 0 Å². The lowest BCUT2D eigenvalue weighted by atomic mass is 10.1. The Kier molecular flexibility index (Phi) is 5.18. The third-order valence-electron chi connectivity index (χ3n) is 3.72. The molecule has 0 aliphatic heterocycles. The molecule has 2 N–H and O–H groups in total. The van der Waals surface area contributed by atoms with E-state index in [0.717, 1.165) is 25.3 Å². The van der Waals surface area contributed by atoms with Gasteiger partial charge in [-0.2, -0.15) is 0 Å². The maximum atomic E-state index is 13.6. The molecule has 2 rings (SSSR count). The minimum Gasteiger partial charge on any atom is -0.494 e. The van der Waals surface area contributed by atoms with Crippen molar-refractivity contribution in [3.63, 3.8) is 0 Å². The van der Waals surface area contributed by atoms with Crippen molar-refractivity contribution < 1.29 is 22.7 Å². The van der Waals surface area contributed by atoms with Crippen molar-refractivity contribution >= 4 is 10.0 Å². The molecule has 0 radical (unpaired) electrons. The third kappa shape index (κ3) is 3.93. The molecule has 0 amide bonds. The Morgan fingerprint density at radius 3 is 2.67 bits per heavy atom. The van der Waals surface area contributed by atoms with Gasteiger partial charge in [0.2, 0.25) is 10.0 Å². The van der Waals surface area contributed by atoms with E-state index < -0.39 is 28.0 Å². The first-order valence-electron chi connectivity index (χ1n) is 6.98. The van der Waals surface area contributed by atoms with E-state index >= 15 is 0 Å². The van der Waals surface area contributed by atoms with Gasteiger partial charge < -0.3 is 9.84 Å². The zero-order chi connectivity index (χ0) is 15.5. The summed E-state index contributed by atoms with van der Waals surface area (Å²) in [5, 5.41) is 9.97. The summed E-state index contributed by atoms with van der Waals surface area (Å²) in [5.74, 6) is -0.745. The van der Waals surface area contributed by atoms with E-state index in [-0.39, 0.29) is 10.6 Å². The second-order valence-electron chi connectivity index (χ2n) is 5.23. The number of rotatable bonds is 4. The summed E-state index contributed by atoms with van der Waals surface area (Å²) in [5.41, 5.74) is 0. The highest BCUT2D eigenvalue weighted by Crippen LogP contribution is 2.23. The standard InChI is InChI=1S/C14H20FNO4S/c1-20-14-8-7-10(9-11(14)15)21(18,19)16-12-5-3-2-4-6-13(12)17/h7-9,12-13,16-17H,2-6H2,1H3. The first-order chi connectivity index (χ1) is 9.94. The topological polar surface area (TPSA) is 75.6 Å². The van der Waals surface area contributed by atoms with Crippen LogP contribution in [0.15, 0.2) is 23.1 Å². The average Bonchev–Trinajstić information content (AvgIpc) is 2.64. The van der Waals surface area contributed by atoms with Gasteiger partial charge in [0.15, 0.2) is 11.6 Å². The molecule has 7 heteroatoms. The Labute approximate surface area is 124 Å². The lowest BCUT2D eigenvalue weighted by Crippen LogP contribution is -2.42. The van der Waals surface area contributed by atoms with Crippen LogP contribution in [0, 0.1) is 5.82 Å². The van der Waals surface area contributed by atoms with E-state index in [1.807, 2.05) is 0 Å². The molecule has 0 aromatic heterocycles. The van der Waals surface area contributed by atoms with Crippen LogP contribution >= 0.6 is 0 Å². The third-order valence-corrected chi connectivity index (χ3v) is 5.21. The van der Waals surface area contributed by atoms with E-state index in [0.29, 0.717) is 12.8 Å². The number of nitrogens with one attached hydrogen (secondary N) is 1. The summed E-state index contributed by atoms with van der Waals surface area (Å²) in [4.78, 5) is -0.169. The van der Waals surface area contributed by atoms with Crippen molar-refractivity contribution in [2.45, 2.75) is 49.1 Å². The lowest BCUT2D eigenvalue weighted by Gasteiger charge is -2.21. The van der Waals surface area contributed by atoms with Gasteiger partial charge in [-0.3, -0.25) is 0 Å². The van der Waals surface area contributed by atoms with Crippen LogP contribution in [0.2, 0.25) is 0 Å². The SMILES string of the molecule is COc1ccc(S(=O)(=O)NC2CCCCCC2O)cc1F. The summed E-state index contributed by atoms with van der Waals surface area (Å²) in [6.45, 7) is 0. The van der Waals surface area contributed by atoms with Crippen molar-refractivity contribution in [2.24, 2.45) is 0 Å². The summed E-state index contributed by atoms with van der Waals surface area (Å²) in [6, 6.07) is 2.95. The number of halogens is 1. The van der Waals surface area contributed by atoms with Crippen molar-refractivity contribution in [2.75, 3.05) is 7.11 Å². The summed E-state index contributed by atoms with van der Waals surface area (Å²) in [7, 11) is -2.55. The summed E-state index contributed by atoms with van der Waals surface area (Å²) >= 11 is 0. The molecule has 118 valence electrons. The Morgan fingerprint density at radius 1 is 1.29 bits per heavy atom. The number of aliphatic hydroxyl groups is 1. The first kappa shape index (κ1) is 16.2. The fourth-order valence-corrected chi connectivity index (χ4v) is 3.82. The molecule has 1 aliphatic carbocycles. The molecule has 21 heavy (non-hydrogen) atoms. The highest BCUT2D eigenvalue weighted by atomic mass is 32.2. The molecule has 0 saturated heterocycles. The first-order valence-corrected chi connectivity index (χ1v) is 8.46. The van der Waals surface area contributed by atoms with Crippen LogP contribution < -0.4 is 9.46 Å². The number of hydrogen-bond acceptors (Lipinski definition) is 4. The van der Waals surface area contributed by atoms with E-state index in [9.17, 15) is 17.9 Å². The molecule has 0 spiro atoms. The normalized spacial score (nSPS) is 23.6. The molecule has 0 bridgehead atoms. The molecule has 2 atom stereocenters. The highest BCUT2D eigenvalue weighted by Gasteiger charge is 2.27. The van der Waals surface area contributed by atoms with Gasteiger partial charge in [-0.1, -0.05) is 19.3 Å². The van der Waals surface area contributed by atoms with Crippen LogP contribution in [0.3, 0.4) is 0 Å². The summed E-state index contributed by atoms with van der Waals surface area (Å²) in [6.07, 6.45) is 3.18. The number of aliphatic hydroxyl groups excluding tert-OH is 1. The number of methoxy groups -OCH3 is 1. The molecule has 1 aromatic rings. The zero-order valence-electron chi connectivity index (χ0n) is 11.9. The van der Waals surface area contributed by atoms with Gasteiger partial charge in [0.1, 0.15) is 0 Å². The molecule has 1 fully saturated rings. The monoisotopic (exact) mass is 317 g/mol. The van der Waals surface area contributed by atoms with E-state index in [1.54, 1.807) is 0 Å². The molecule has 0 heterocycles. The second-order valence-corrected chi connectivity index (χ2v) is 6.94. The lowest BCUT2D eigenvalue weighted by molar-refractivity contribution is 0.130. The predicted octanol–water partition coefficient (Wildman–Crippen LogP) is 1.81. The van der Waals surface area contributed by atoms with E-state index in [4.69, 9.17) is 4.74 Å². The quantitative estimate of drug-likeness (QED) is 0.831. The van der Waals surface area contributed by atoms with Crippen molar-refractivity contribution in [3.8, 4) is 5.75 Å². The van der Waals surface area contributed by atoms with Crippen LogP contribution in [-0.2, 0) is 10.0 Å². The molecular formula is C14H20FNO4S. The molecule has 1 saturated carbocycles. The molecule has 1 aromatic carbocycles. The molecule has 5 nitrogen and oxygen atoms in total. The minimum absolute atomic E-state index is 0.0107. The van der Waals surface area contributed by atoms with Gasteiger partial charge in [0.05, 0.1) is 18.1 Å². The Bertz CT molecular complexity index is 591. The Balaban J connectivity index is 2.19. The largest absolute Gasteiger partial charge is 0.494 e. The van der Waals surface area contributed by atoms with Crippen LogP contribution in [0.4, 0.5) is 4.39 Å². The van der Waals surface area contributed by atoms with Crippen molar-refractivity contribution in [1.29, 1.82) is 0 Å². The van der Waals surface area contributed by atoms with Crippen molar-refractivity contribution in [3.05, 3.63) is 24.0 Å². The smallest absolute Gasteiger partial charge is 0.241 e. The molecular weight excluding hydrogens is 297 g/mol. The second kappa shape index (κ2) is 6.72. The predicted molar refractivity (Wildman–Crippen MR) is 76.2 cm³/mol. The van der Waals surface area contributed by atoms with Crippen LogP contribution in [0.25, 0.3) is 0 Å². The van der Waals surface area contributed by atoms with Gasteiger partial charge in [-0.25, -0.2) is 17.5 Å². The summed E-state index contributed by atoms with van der Waals surface area (Å²) < 4.78 is 45.4. The fourth-order valence-electron chi connectivity index (χ4n) is 2.51.